The molecule has 6 nitrogen and oxygen atoms in total. The molecular weight excluding hydrogens is 401 g/mol. The Hall–Kier alpha value is -1.02. The van der Waals surface area contributed by atoms with Crippen LogP contribution in [0, 0.1) is 0 Å². The highest BCUT2D eigenvalue weighted by molar-refractivity contribution is 7.91. The maximum absolute atomic E-state index is 12.8. The lowest BCUT2D eigenvalue weighted by Gasteiger charge is -2.30. The largest absolute Gasteiger partial charge is 0.482 e. The molecule has 2 saturated heterocycles. The first kappa shape index (κ1) is 19.7. The second kappa shape index (κ2) is 8.33. The van der Waals surface area contributed by atoms with E-state index in [9.17, 15) is 13.2 Å². The number of halogens is 2. The molecule has 3 rings (SSSR count). The van der Waals surface area contributed by atoms with Gasteiger partial charge in [-0.05, 0) is 31.4 Å². The van der Waals surface area contributed by atoms with Crippen molar-refractivity contribution in [2.45, 2.75) is 31.4 Å². The van der Waals surface area contributed by atoms with E-state index in [0.29, 0.717) is 35.4 Å². The van der Waals surface area contributed by atoms with E-state index in [-0.39, 0.29) is 36.2 Å². The summed E-state index contributed by atoms with van der Waals surface area (Å²) in [6.07, 6.45) is 2.20. The van der Waals surface area contributed by atoms with Crippen LogP contribution in [0.2, 0.25) is 10.0 Å². The number of sulfone groups is 1. The van der Waals surface area contributed by atoms with Gasteiger partial charge in [0, 0.05) is 30.3 Å². The SMILES string of the molecule is O=C(COc1cc(Cl)ccc1Cl)N(C[C@H]1CCCO1)[C@@H]1CCS(=O)(=O)C1. The van der Waals surface area contributed by atoms with Crippen LogP contribution in [-0.4, -0.2) is 62.6 Å². The number of hydrogen-bond donors (Lipinski definition) is 0. The van der Waals surface area contributed by atoms with Crippen molar-refractivity contribution in [3.05, 3.63) is 28.2 Å². The molecule has 2 aliphatic rings. The van der Waals surface area contributed by atoms with Gasteiger partial charge in [-0.15, -0.1) is 0 Å². The monoisotopic (exact) mass is 421 g/mol. The van der Waals surface area contributed by atoms with E-state index in [1.807, 2.05) is 0 Å². The highest BCUT2D eigenvalue weighted by atomic mass is 35.5. The van der Waals surface area contributed by atoms with Crippen LogP contribution in [-0.2, 0) is 19.4 Å². The molecule has 2 atom stereocenters. The van der Waals surface area contributed by atoms with Crippen molar-refractivity contribution in [2.75, 3.05) is 31.3 Å². The van der Waals surface area contributed by atoms with Crippen molar-refractivity contribution in [3.8, 4) is 5.75 Å². The minimum atomic E-state index is -3.10. The van der Waals surface area contributed by atoms with Crippen LogP contribution >= 0.6 is 23.2 Å². The van der Waals surface area contributed by atoms with Crippen molar-refractivity contribution in [3.63, 3.8) is 0 Å². The van der Waals surface area contributed by atoms with E-state index < -0.39 is 9.84 Å². The van der Waals surface area contributed by atoms with Gasteiger partial charge in [-0.2, -0.15) is 0 Å². The lowest BCUT2D eigenvalue weighted by molar-refractivity contribution is -0.137. The molecule has 1 aromatic rings. The number of nitrogens with zero attached hydrogens (tertiary/aromatic N) is 1. The van der Waals surface area contributed by atoms with Gasteiger partial charge in [0.2, 0.25) is 0 Å². The van der Waals surface area contributed by atoms with Crippen LogP contribution in [0.15, 0.2) is 18.2 Å². The summed E-state index contributed by atoms with van der Waals surface area (Å²) in [5.41, 5.74) is 0. The number of rotatable bonds is 6. The standard InChI is InChI=1S/C17H21Cl2NO5S/c18-12-3-4-15(19)16(8-12)25-10-17(21)20(9-14-2-1-6-24-14)13-5-7-26(22,23)11-13/h3-4,8,13-14H,1-2,5-7,9-11H2/t13-,14-/m1/s1. The summed E-state index contributed by atoms with van der Waals surface area (Å²) < 4.78 is 34.8. The molecule has 0 spiro atoms. The van der Waals surface area contributed by atoms with Gasteiger partial charge in [-0.25, -0.2) is 8.42 Å². The van der Waals surface area contributed by atoms with E-state index in [4.69, 9.17) is 32.7 Å². The molecule has 0 aromatic heterocycles. The lowest BCUT2D eigenvalue weighted by Crippen LogP contribution is -2.47. The summed E-state index contributed by atoms with van der Waals surface area (Å²) in [5.74, 6) is 0.138. The Morgan fingerprint density at radius 2 is 2.12 bits per heavy atom. The quantitative estimate of drug-likeness (QED) is 0.705. The number of ether oxygens (including phenoxy) is 2. The Morgan fingerprint density at radius 3 is 2.77 bits per heavy atom. The predicted octanol–water partition coefficient (Wildman–Crippen LogP) is 2.57. The van der Waals surface area contributed by atoms with Gasteiger partial charge in [0.25, 0.3) is 5.91 Å². The van der Waals surface area contributed by atoms with Crippen LogP contribution in [0.5, 0.6) is 5.75 Å². The Morgan fingerprint density at radius 1 is 1.31 bits per heavy atom. The highest BCUT2D eigenvalue weighted by Gasteiger charge is 2.36. The second-order valence-corrected chi connectivity index (χ2v) is 9.67. The lowest BCUT2D eigenvalue weighted by atomic mass is 10.1. The molecule has 1 amide bonds. The van der Waals surface area contributed by atoms with Crippen molar-refractivity contribution in [2.24, 2.45) is 0 Å². The normalized spacial score (nSPS) is 24.5. The molecule has 0 N–H and O–H groups in total. The Balaban J connectivity index is 1.68. The van der Waals surface area contributed by atoms with Crippen molar-refractivity contribution < 1.29 is 22.7 Å². The summed E-state index contributed by atoms with van der Waals surface area (Å²) in [4.78, 5) is 14.4. The predicted molar refractivity (Wildman–Crippen MR) is 99.7 cm³/mol. The van der Waals surface area contributed by atoms with Crippen molar-refractivity contribution in [1.82, 2.24) is 4.90 Å². The first-order chi connectivity index (χ1) is 12.3. The van der Waals surface area contributed by atoms with Gasteiger partial charge in [-0.3, -0.25) is 4.79 Å². The molecule has 144 valence electrons. The Kier molecular flexibility index (Phi) is 6.33. The average molecular weight is 422 g/mol. The zero-order valence-corrected chi connectivity index (χ0v) is 16.5. The summed E-state index contributed by atoms with van der Waals surface area (Å²) in [6, 6.07) is 4.43. The van der Waals surface area contributed by atoms with Gasteiger partial charge >= 0.3 is 0 Å². The first-order valence-corrected chi connectivity index (χ1v) is 11.1. The fourth-order valence-electron chi connectivity index (χ4n) is 3.29. The molecule has 26 heavy (non-hydrogen) atoms. The van der Waals surface area contributed by atoms with Crippen LogP contribution in [0.4, 0.5) is 0 Å². The molecule has 2 aliphatic heterocycles. The van der Waals surface area contributed by atoms with Crippen LogP contribution in [0.25, 0.3) is 0 Å². The molecule has 0 unspecified atom stereocenters. The average Bonchev–Trinajstić information content (AvgIpc) is 3.22. The van der Waals surface area contributed by atoms with E-state index in [1.54, 1.807) is 23.1 Å². The van der Waals surface area contributed by atoms with Crippen LogP contribution < -0.4 is 4.74 Å². The molecule has 0 bridgehead atoms. The third kappa shape index (κ3) is 5.03. The van der Waals surface area contributed by atoms with E-state index in [1.165, 1.54) is 0 Å². The topological polar surface area (TPSA) is 72.9 Å². The highest BCUT2D eigenvalue weighted by Crippen LogP contribution is 2.28. The van der Waals surface area contributed by atoms with Crippen molar-refractivity contribution in [1.29, 1.82) is 0 Å². The third-order valence-electron chi connectivity index (χ3n) is 4.64. The van der Waals surface area contributed by atoms with Gasteiger partial charge in [0.15, 0.2) is 16.4 Å². The fourth-order valence-corrected chi connectivity index (χ4v) is 5.36. The summed E-state index contributed by atoms with van der Waals surface area (Å²) in [6.45, 7) is 0.819. The third-order valence-corrected chi connectivity index (χ3v) is 6.94. The number of amides is 1. The molecule has 1 aromatic carbocycles. The number of benzene rings is 1. The zero-order chi connectivity index (χ0) is 18.7. The van der Waals surface area contributed by atoms with Crippen LogP contribution in [0.1, 0.15) is 19.3 Å². The molecule has 2 fully saturated rings. The van der Waals surface area contributed by atoms with Crippen molar-refractivity contribution >= 4 is 38.9 Å². The molecular formula is C17H21Cl2NO5S. The summed E-state index contributed by atoms with van der Waals surface area (Å²) in [5, 5.41) is 0.811. The van der Waals surface area contributed by atoms with E-state index in [2.05, 4.69) is 0 Å². The van der Waals surface area contributed by atoms with Crippen LogP contribution in [0.3, 0.4) is 0 Å². The maximum atomic E-state index is 12.8. The molecule has 0 aliphatic carbocycles. The fraction of sp³-hybridized carbons (Fsp3) is 0.588. The molecule has 9 heteroatoms. The number of carbonyl (C=O) groups is 1. The smallest absolute Gasteiger partial charge is 0.260 e. The van der Waals surface area contributed by atoms with Gasteiger partial charge in [0.1, 0.15) is 5.75 Å². The second-order valence-electron chi connectivity index (χ2n) is 6.60. The maximum Gasteiger partial charge on any atom is 0.260 e. The molecule has 0 radical (unpaired) electrons. The Bertz CT molecular complexity index is 764. The van der Waals surface area contributed by atoms with E-state index >= 15 is 0 Å². The van der Waals surface area contributed by atoms with Gasteiger partial charge in [0.05, 0.1) is 22.6 Å². The van der Waals surface area contributed by atoms with Gasteiger partial charge in [-0.1, -0.05) is 23.2 Å². The molecule has 2 heterocycles. The minimum Gasteiger partial charge on any atom is -0.482 e. The summed E-state index contributed by atoms with van der Waals surface area (Å²) in [7, 11) is -3.10. The minimum absolute atomic E-state index is 0.0105. The number of carbonyl (C=O) groups excluding carboxylic acids is 1. The van der Waals surface area contributed by atoms with Gasteiger partial charge < -0.3 is 14.4 Å². The molecule has 0 saturated carbocycles. The zero-order valence-electron chi connectivity index (χ0n) is 14.2. The summed E-state index contributed by atoms with van der Waals surface area (Å²) >= 11 is 12.0. The van der Waals surface area contributed by atoms with E-state index in [0.717, 1.165) is 12.8 Å². The Labute approximate surface area is 163 Å². The first-order valence-electron chi connectivity index (χ1n) is 8.53. The number of hydrogen-bond acceptors (Lipinski definition) is 5.